The first-order chi connectivity index (χ1) is 13.7. The predicted molar refractivity (Wildman–Crippen MR) is 120 cm³/mol. The summed E-state index contributed by atoms with van der Waals surface area (Å²) in [5.41, 5.74) is 0.466. The Morgan fingerprint density at radius 1 is 1.14 bits per heavy atom. The second-order valence-electron chi connectivity index (χ2n) is 9.03. The number of fused-ring (bicyclic) bond motifs is 2. The lowest BCUT2D eigenvalue weighted by molar-refractivity contribution is -0.129. The van der Waals surface area contributed by atoms with Gasteiger partial charge in [-0.25, -0.2) is 0 Å². The first-order valence-electron chi connectivity index (χ1n) is 10.3. The van der Waals surface area contributed by atoms with Crippen molar-refractivity contribution in [2.45, 2.75) is 71.0 Å². The van der Waals surface area contributed by atoms with Crippen LogP contribution in [-0.2, 0) is 4.79 Å². The number of carbonyl (C=O) groups excluding carboxylic acids is 1. The van der Waals surface area contributed by atoms with Gasteiger partial charge >= 0.3 is 0 Å². The number of thiocarbonyl (C=S) groups is 1. The summed E-state index contributed by atoms with van der Waals surface area (Å²) in [6.45, 7) is 5.87. The quantitative estimate of drug-likeness (QED) is 0.721. The van der Waals surface area contributed by atoms with Crippen LogP contribution in [0.15, 0.2) is 18.2 Å². The molecule has 0 aromatic heterocycles. The molecule has 7 heteroatoms. The van der Waals surface area contributed by atoms with Crippen LogP contribution >= 0.6 is 12.2 Å². The van der Waals surface area contributed by atoms with Crippen molar-refractivity contribution in [1.82, 2.24) is 10.2 Å². The van der Waals surface area contributed by atoms with Gasteiger partial charge in [0, 0.05) is 29.6 Å². The lowest BCUT2D eigenvalue weighted by Gasteiger charge is -2.50. The van der Waals surface area contributed by atoms with Crippen LogP contribution in [0.5, 0.6) is 11.5 Å². The van der Waals surface area contributed by atoms with Gasteiger partial charge in [0.1, 0.15) is 11.5 Å². The number of nitrogens with zero attached hydrogens (tertiary/aromatic N) is 1. The van der Waals surface area contributed by atoms with E-state index in [1.165, 1.54) is 6.42 Å². The van der Waals surface area contributed by atoms with Crippen LogP contribution in [0.25, 0.3) is 0 Å². The van der Waals surface area contributed by atoms with Gasteiger partial charge in [-0.15, -0.1) is 0 Å². The first kappa shape index (κ1) is 21.7. The zero-order valence-corrected chi connectivity index (χ0v) is 18.9. The topological polar surface area (TPSA) is 62.8 Å². The number of benzene rings is 1. The largest absolute Gasteiger partial charge is 0.497 e. The van der Waals surface area contributed by atoms with E-state index < -0.39 is 0 Å². The Morgan fingerprint density at radius 3 is 2.34 bits per heavy atom. The fourth-order valence-corrected chi connectivity index (χ4v) is 4.72. The summed E-state index contributed by atoms with van der Waals surface area (Å²) in [6.07, 6.45) is 5.26. The maximum Gasteiger partial charge on any atom is 0.225 e. The molecule has 1 aromatic rings. The van der Waals surface area contributed by atoms with E-state index in [1.54, 1.807) is 14.2 Å². The number of hydrogen-bond acceptors (Lipinski definition) is 4. The molecule has 1 unspecified atom stereocenters. The van der Waals surface area contributed by atoms with E-state index in [1.807, 2.05) is 39.0 Å². The third kappa shape index (κ3) is 4.94. The fourth-order valence-electron chi connectivity index (χ4n) is 4.31. The Labute approximate surface area is 179 Å². The molecule has 3 rings (SSSR count). The van der Waals surface area contributed by atoms with Crippen molar-refractivity contribution in [3.05, 3.63) is 18.2 Å². The Kier molecular flexibility index (Phi) is 6.56. The molecule has 2 bridgehead atoms. The summed E-state index contributed by atoms with van der Waals surface area (Å²) in [5, 5.41) is 7.37. The number of amides is 1. The van der Waals surface area contributed by atoms with Gasteiger partial charge in [0.05, 0.1) is 19.9 Å². The molecule has 3 atom stereocenters. The summed E-state index contributed by atoms with van der Waals surface area (Å²) < 4.78 is 10.8. The highest BCUT2D eigenvalue weighted by molar-refractivity contribution is 7.80. The van der Waals surface area contributed by atoms with E-state index in [2.05, 4.69) is 15.5 Å². The molecule has 2 saturated heterocycles. The molecule has 0 radical (unpaired) electrons. The number of piperidine rings is 2. The molecule has 29 heavy (non-hydrogen) atoms. The fraction of sp³-hybridized carbons (Fsp3) is 0.636. The maximum atomic E-state index is 12.4. The molecule has 1 amide bonds. The van der Waals surface area contributed by atoms with E-state index >= 15 is 0 Å². The highest BCUT2D eigenvalue weighted by Crippen LogP contribution is 2.36. The Morgan fingerprint density at radius 2 is 1.79 bits per heavy atom. The number of anilines is 1. The van der Waals surface area contributed by atoms with Crippen molar-refractivity contribution in [3.63, 3.8) is 0 Å². The third-order valence-corrected chi connectivity index (χ3v) is 6.19. The average Bonchev–Trinajstić information content (AvgIpc) is 2.66. The lowest BCUT2D eigenvalue weighted by Crippen LogP contribution is -2.60. The molecule has 2 fully saturated rings. The average molecular weight is 420 g/mol. The Balaban J connectivity index is 1.70. The monoisotopic (exact) mass is 419 g/mol. The van der Waals surface area contributed by atoms with Crippen LogP contribution in [-0.4, -0.2) is 48.3 Å². The number of methoxy groups -OCH3 is 2. The summed E-state index contributed by atoms with van der Waals surface area (Å²) in [5.74, 6) is 1.56. The van der Waals surface area contributed by atoms with Crippen LogP contribution in [0.4, 0.5) is 5.69 Å². The van der Waals surface area contributed by atoms with Crippen molar-refractivity contribution >= 4 is 28.9 Å². The van der Waals surface area contributed by atoms with E-state index in [4.69, 9.17) is 21.7 Å². The van der Waals surface area contributed by atoms with Crippen molar-refractivity contribution in [1.29, 1.82) is 0 Å². The smallest absolute Gasteiger partial charge is 0.225 e. The molecule has 0 saturated carbocycles. The van der Waals surface area contributed by atoms with Crippen LogP contribution in [0.3, 0.4) is 0 Å². The molecular weight excluding hydrogens is 386 g/mol. The minimum atomic E-state index is -0.367. The van der Waals surface area contributed by atoms with Gasteiger partial charge in [-0.3, -0.25) is 4.79 Å². The van der Waals surface area contributed by atoms with Crippen LogP contribution in [0, 0.1) is 5.41 Å². The number of carbonyl (C=O) groups is 1. The maximum absolute atomic E-state index is 12.4. The molecule has 2 aliphatic heterocycles. The SMILES string of the molecule is COc1ccc(NC(=S)N2[C@@H]3CCC[C@H]2CC(NC(=O)C(C)(C)C)C3)c(OC)c1. The molecular formula is C22H33N3O3S. The zero-order valence-electron chi connectivity index (χ0n) is 18.1. The zero-order chi connectivity index (χ0) is 21.2. The second kappa shape index (κ2) is 8.78. The van der Waals surface area contributed by atoms with Gasteiger partial charge in [-0.1, -0.05) is 20.8 Å². The number of hydrogen-bond donors (Lipinski definition) is 2. The molecule has 1 aromatic carbocycles. The van der Waals surface area contributed by atoms with Crippen LogP contribution in [0.1, 0.15) is 52.9 Å². The van der Waals surface area contributed by atoms with E-state index in [0.717, 1.165) is 42.2 Å². The van der Waals surface area contributed by atoms with Gasteiger partial charge in [0.2, 0.25) is 5.91 Å². The van der Waals surface area contributed by atoms with Crippen molar-refractivity contribution in [2.75, 3.05) is 19.5 Å². The van der Waals surface area contributed by atoms with Crippen molar-refractivity contribution in [2.24, 2.45) is 5.41 Å². The molecule has 0 aliphatic carbocycles. The molecule has 6 nitrogen and oxygen atoms in total. The van der Waals surface area contributed by atoms with Crippen LogP contribution < -0.4 is 20.1 Å². The first-order valence-corrected chi connectivity index (χ1v) is 10.8. The standard InChI is InChI=1S/C22H33N3O3S/c1-22(2,3)20(26)23-14-11-15-7-6-8-16(12-14)25(15)21(29)24-18-10-9-17(27-4)13-19(18)28-5/h9-10,13-16H,6-8,11-12H2,1-5H3,(H,23,26)(H,24,29)/t14?,15-,16+. The van der Waals surface area contributed by atoms with Crippen molar-refractivity contribution in [3.8, 4) is 11.5 Å². The minimum absolute atomic E-state index is 0.123. The molecule has 2 heterocycles. The normalized spacial score (nSPS) is 23.9. The third-order valence-electron chi connectivity index (χ3n) is 5.88. The predicted octanol–water partition coefficient (Wildman–Crippen LogP) is 3.95. The molecule has 2 aliphatic rings. The Hall–Kier alpha value is -2.02. The van der Waals surface area contributed by atoms with Gasteiger partial charge in [-0.2, -0.15) is 0 Å². The van der Waals surface area contributed by atoms with Gasteiger partial charge in [0.15, 0.2) is 5.11 Å². The van der Waals surface area contributed by atoms with E-state index in [9.17, 15) is 4.79 Å². The molecule has 2 N–H and O–H groups in total. The molecule has 0 spiro atoms. The lowest BCUT2D eigenvalue weighted by atomic mass is 9.81. The van der Waals surface area contributed by atoms with Crippen LogP contribution in [0.2, 0.25) is 0 Å². The minimum Gasteiger partial charge on any atom is -0.497 e. The number of rotatable bonds is 4. The summed E-state index contributed by atoms with van der Waals surface area (Å²) in [6, 6.07) is 6.57. The number of nitrogens with one attached hydrogen (secondary N) is 2. The summed E-state index contributed by atoms with van der Waals surface area (Å²) in [4.78, 5) is 14.8. The second-order valence-corrected chi connectivity index (χ2v) is 9.42. The number of ether oxygens (including phenoxy) is 2. The van der Waals surface area contributed by atoms with Gasteiger partial charge in [0.25, 0.3) is 0 Å². The van der Waals surface area contributed by atoms with Gasteiger partial charge in [-0.05, 0) is 56.5 Å². The van der Waals surface area contributed by atoms with Gasteiger partial charge < -0.3 is 25.0 Å². The van der Waals surface area contributed by atoms with Crippen molar-refractivity contribution < 1.29 is 14.3 Å². The van der Waals surface area contributed by atoms with E-state index in [0.29, 0.717) is 17.8 Å². The highest BCUT2D eigenvalue weighted by atomic mass is 32.1. The summed E-state index contributed by atoms with van der Waals surface area (Å²) >= 11 is 5.81. The summed E-state index contributed by atoms with van der Waals surface area (Å²) in [7, 11) is 3.28. The highest BCUT2D eigenvalue weighted by Gasteiger charge is 2.40. The molecule has 160 valence electrons. The Bertz CT molecular complexity index is 748. The van der Waals surface area contributed by atoms with E-state index in [-0.39, 0.29) is 17.4 Å².